The first-order valence-corrected chi connectivity index (χ1v) is 8.32. The van der Waals surface area contributed by atoms with Crippen molar-refractivity contribution in [3.63, 3.8) is 0 Å². The van der Waals surface area contributed by atoms with Crippen LogP contribution >= 0.6 is 0 Å². The van der Waals surface area contributed by atoms with E-state index in [9.17, 15) is 0 Å². The van der Waals surface area contributed by atoms with E-state index in [0.717, 1.165) is 0 Å². The molecule has 1 heteroatoms. The van der Waals surface area contributed by atoms with Crippen molar-refractivity contribution < 1.29 is 4.74 Å². The van der Waals surface area contributed by atoms with Crippen LogP contribution in [0.5, 0.6) is 0 Å². The van der Waals surface area contributed by atoms with Gasteiger partial charge in [-0.2, -0.15) is 0 Å². The number of hydrogen-bond acceptors (Lipinski definition) is 1. The fraction of sp³-hybridized carbons (Fsp3) is 0.130. The van der Waals surface area contributed by atoms with E-state index in [4.69, 9.17) is 4.74 Å². The quantitative estimate of drug-likeness (QED) is 0.550. The summed E-state index contributed by atoms with van der Waals surface area (Å²) in [5, 5.41) is 0. The molecule has 0 aliphatic carbocycles. The summed E-state index contributed by atoms with van der Waals surface area (Å²) < 4.78 is 6.03. The second-order valence-corrected chi connectivity index (χ2v) is 5.74. The smallest absolute Gasteiger partial charge is 0.0801 e. The van der Waals surface area contributed by atoms with Crippen LogP contribution in [0.25, 0.3) is 5.57 Å². The molecule has 1 atom stereocenters. The van der Waals surface area contributed by atoms with Crippen molar-refractivity contribution in [3.8, 4) is 0 Å². The summed E-state index contributed by atoms with van der Waals surface area (Å²) >= 11 is 0. The van der Waals surface area contributed by atoms with Crippen molar-refractivity contribution in [1.82, 2.24) is 0 Å². The van der Waals surface area contributed by atoms with Gasteiger partial charge < -0.3 is 4.74 Å². The van der Waals surface area contributed by atoms with Gasteiger partial charge in [-0.1, -0.05) is 97.1 Å². The molecule has 0 saturated heterocycles. The number of ether oxygens (including phenoxy) is 1. The first kappa shape index (κ1) is 16.2. The maximum atomic E-state index is 6.03. The Kier molecular flexibility index (Phi) is 5.60. The van der Waals surface area contributed by atoms with Crippen LogP contribution in [0.15, 0.2) is 97.1 Å². The maximum absolute atomic E-state index is 6.03. The number of benzene rings is 3. The lowest BCUT2D eigenvalue weighted by atomic mass is 9.98. The van der Waals surface area contributed by atoms with E-state index in [1.165, 1.54) is 22.3 Å². The molecule has 120 valence electrons. The zero-order valence-corrected chi connectivity index (χ0v) is 13.9. The van der Waals surface area contributed by atoms with Crippen LogP contribution in [0.2, 0.25) is 0 Å². The van der Waals surface area contributed by atoms with Gasteiger partial charge in [0, 0.05) is 0 Å². The highest BCUT2D eigenvalue weighted by molar-refractivity contribution is 5.79. The third-order valence-electron chi connectivity index (χ3n) is 4.07. The summed E-state index contributed by atoms with van der Waals surface area (Å²) in [5.74, 6) is 0. The lowest BCUT2D eigenvalue weighted by molar-refractivity contribution is 0.0888. The third kappa shape index (κ3) is 4.21. The highest BCUT2D eigenvalue weighted by Gasteiger charge is 2.06. The van der Waals surface area contributed by atoms with Gasteiger partial charge in [-0.3, -0.25) is 0 Å². The Hall–Kier alpha value is -2.64. The molecule has 0 heterocycles. The Bertz CT molecular complexity index is 719. The molecule has 0 amide bonds. The minimum Gasteiger partial charge on any atom is -0.370 e. The standard InChI is InChI=1S/C23H22O/c1-19(20-11-5-2-6-12-20)24-18-17-23(21-13-7-3-8-14-21)22-15-9-4-10-16-22/h2-17,19H,18H2,1H3. The van der Waals surface area contributed by atoms with Gasteiger partial charge in [-0.25, -0.2) is 0 Å². The average Bonchev–Trinajstić information content (AvgIpc) is 2.67. The molecule has 0 N–H and O–H groups in total. The zero-order valence-electron chi connectivity index (χ0n) is 13.9. The van der Waals surface area contributed by atoms with Crippen molar-refractivity contribution >= 4 is 5.57 Å². The molecule has 0 bridgehead atoms. The Labute approximate surface area is 144 Å². The van der Waals surface area contributed by atoms with Crippen LogP contribution in [0.3, 0.4) is 0 Å². The Morgan fingerprint density at radius 2 is 1.21 bits per heavy atom. The molecular formula is C23H22O. The summed E-state index contributed by atoms with van der Waals surface area (Å²) in [6.07, 6.45) is 2.25. The normalized spacial score (nSPS) is 11.7. The van der Waals surface area contributed by atoms with E-state index < -0.39 is 0 Å². The van der Waals surface area contributed by atoms with E-state index in [2.05, 4.69) is 73.7 Å². The van der Waals surface area contributed by atoms with Gasteiger partial charge in [0.2, 0.25) is 0 Å². The summed E-state index contributed by atoms with van der Waals surface area (Å²) in [5.41, 5.74) is 4.82. The second kappa shape index (κ2) is 8.28. The molecule has 1 nitrogen and oxygen atoms in total. The molecule has 1 unspecified atom stereocenters. The van der Waals surface area contributed by atoms with Gasteiger partial charge in [0.25, 0.3) is 0 Å². The van der Waals surface area contributed by atoms with Gasteiger partial charge in [0.05, 0.1) is 12.7 Å². The Morgan fingerprint density at radius 3 is 1.71 bits per heavy atom. The van der Waals surface area contributed by atoms with Crippen molar-refractivity contribution in [2.45, 2.75) is 13.0 Å². The van der Waals surface area contributed by atoms with Crippen molar-refractivity contribution in [1.29, 1.82) is 0 Å². The van der Waals surface area contributed by atoms with Crippen molar-refractivity contribution in [3.05, 3.63) is 114 Å². The SMILES string of the molecule is CC(OCC=C(c1ccccc1)c1ccccc1)c1ccccc1. The molecular weight excluding hydrogens is 292 g/mol. The van der Waals surface area contributed by atoms with Gasteiger partial charge in [0.1, 0.15) is 0 Å². The predicted molar refractivity (Wildman–Crippen MR) is 101 cm³/mol. The first-order chi connectivity index (χ1) is 11.8. The lowest BCUT2D eigenvalue weighted by Gasteiger charge is -2.13. The lowest BCUT2D eigenvalue weighted by Crippen LogP contribution is -2.00. The maximum Gasteiger partial charge on any atom is 0.0801 e. The minimum absolute atomic E-state index is 0.0789. The first-order valence-electron chi connectivity index (χ1n) is 8.32. The van der Waals surface area contributed by atoms with Crippen molar-refractivity contribution in [2.75, 3.05) is 6.61 Å². The van der Waals surface area contributed by atoms with Crippen LogP contribution in [0.4, 0.5) is 0 Å². The van der Waals surface area contributed by atoms with Crippen molar-refractivity contribution in [2.24, 2.45) is 0 Å². The van der Waals surface area contributed by atoms with Crippen LogP contribution in [-0.4, -0.2) is 6.61 Å². The molecule has 24 heavy (non-hydrogen) atoms. The molecule has 3 aromatic carbocycles. The molecule has 0 radical (unpaired) electrons. The molecule has 3 rings (SSSR count). The van der Waals surface area contributed by atoms with Crippen LogP contribution in [0, 0.1) is 0 Å². The molecule has 0 spiro atoms. The topological polar surface area (TPSA) is 9.23 Å². The van der Waals surface area contributed by atoms with Gasteiger partial charge in [-0.05, 0) is 29.2 Å². The van der Waals surface area contributed by atoms with Crippen LogP contribution < -0.4 is 0 Å². The molecule has 3 aromatic rings. The highest BCUT2D eigenvalue weighted by atomic mass is 16.5. The summed E-state index contributed by atoms with van der Waals surface area (Å²) in [6.45, 7) is 2.67. The fourth-order valence-corrected chi connectivity index (χ4v) is 2.73. The molecule has 0 aliphatic rings. The van der Waals surface area contributed by atoms with Gasteiger partial charge >= 0.3 is 0 Å². The van der Waals surface area contributed by atoms with E-state index in [0.29, 0.717) is 6.61 Å². The number of rotatable bonds is 6. The van der Waals surface area contributed by atoms with E-state index in [-0.39, 0.29) is 6.10 Å². The molecule has 0 aromatic heterocycles. The molecule has 0 saturated carbocycles. The average molecular weight is 314 g/mol. The van der Waals surface area contributed by atoms with Gasteiger partial charge in [-0.15, -0.1) is 0 Å². The summed E-state index contributed by atoms with van der Waals surface area (Å²) in [4.78, 5) is 0. The summed E-state index contributed by atoms with van der Waals surface area (Å²) in [7, 11) is 0. The Morgan fingerprint density at radius 1 is 0.750 bits per heavy atom. The largest absolute Gasteiger partial charge is 0.370 e. The summed E-state index contributed by atoms with van der Waals surface area (Å²) in [6, 6.07) is 31.2. The molecule has 0 fully saturated rings. The Balaban J connectivity index is 1.78. The van der Waals surface area contributed by atoms with Gasteiger partial charge in [0.15, 0.2) is 0 Å². The molecule has 0 aliphatic heterocycles. The monoisotopic (exact) mass is 314 g/mol. The number of hydrogen-bond donors (Lipinski definition) is 0. The third-order valence-corrected chi connectivity index (χ3v) is 4.07. The van der Waals surface area contributed by atoms with Crippen LogP contribution in [0.1, 0.15) is 29.7 Å². The minimum atomic E-state index is 0.0789. The second-order valence-electron chi connectivity index (χ2n) is 5.74. The predicted octanol–water partition coefficient (Wildman–Crippen LogP) is 5.90. The highest BCUT2D eigenvalue weighted by Crippen LogP contribution is 2.24. The van der Waals surface area contributed by atoms with Crippen LogP contribution in [-0.2, 0) is 4.74 Å². The van der Waals surface area contributed by atoms with E-state index in [1.807, 2.05) is 30.3 Å². The zero-order chi connectivity index (χ0) is 16.6. The fourth-order valence-electron chi connectivity index (χ4n) is 2.73. The van der Waals surface area contributed by atoms with E-state index >= 15 is 0 Å². The van der Waals surface area contributed by atoms with E-state index in [1.54, 1.807) is 0 Å².